The van der Waals surface area contributed by atoms with Gasteiger partial charge in [0.15, 0.2) is 11.5 Å². The highest BCUT2D eigenvalue weighted by atomic mass is 16.5. The van der Waals surface area contributed by atoms with E-state index in [0.717, 1.165) is 0 Å². The number of hydrogen-bond acceptors (Lipinski definition) is 7. The van der Waals surface area contributed by atoms with Gasteiger partial charge in [-0.05, 0) is 12.1 Å². The number of imidazole rings is 1. The molecule has 2 aromatic heterocycles. The molecule has 0 aliphatic rings. The Morgan fingerprint density at radius 3 is 2.27 bits per heavy atom. The fraction of sp³-hybridized carbons (Fsp3) is 0.143. The zero-order valence-electron chi connectivity index (χ0n) is 16.5. The molecule has 0 fully saturated rings. The van der Waals surface area contributed by atoms with Gasteiger partial charge in [0.25, 0.3) is 0 Å². The third kappa shape index (κ3) is 2.91. The van der Waals surface area contributed by atoms with Crippen LogP contribution in [0, 0.1) is 11.3 Å². The maximum atomic E-state index is 12.3. The Labute approximate surface area is 171 Å². The third-order valence-electron chi connectivity index (χ3n) is 4.79. The molecule has 0 bridgehead atoms. The number of hydrogen-bond donors (Lipinski definition) is 1. The molecule has 1 amide bonds. The van der Waals surface area contributed by atoms with Gasteiger partial charge in [0.1, 0.15) is 12.4 Å². The molecule has 4 aromatic rings. The second-order valence-corrected chi connectivity index (χ2v) is 6.28. The number of H-pyrrole nitrogens is 1. The summed E-state index contributed by atoms with van der Waals surface area (Å²) in [5.74, 6) is 1.16. The molecule has 0 aliphatic heterocycles. The van der Waals surface area contributed by atoms with Crippen molar-refractivity contribution in [2.45, 2.75) is 0 Å². The topological polar surface area (TPSA) is 113 Å². The van der Waals surface area contributed by atoms with Crippen LogP contribution in [0.25, 0.3) is 21.9 Å². The van der Waals surface area contributed by atoms with E-state index in [0.29, 0.717) is 57.0 Å². The van der Waals surface area contributed by atoms with Crippen molar-refractivity contribution < 1.29 is 19.0 Å². The molecule has 2 aromatic carbocycles. The quantitative estimate of drug-likeness (QED) is 0.491. The van der Waals surface area contributed by atoms with Gasteiger partial charge in [-0.15, -0.1) is 0 Å². The molecular formula is C21H17N5O4. The molecule has 2 heterocycles. The highest BCUT2D eigenvalue weighted by Gasteiger charge is 2.22. The molecule has 0 aliphatic carbocycles. The summed E-state index contributed by atoms with van der Waals surface area (Å²) in [5.41, 5.74) is 3.19. The standard InChI is InChI=1S/C21H17N5O4/c1-28-18-4-13(5-19(29-2)21(18)30-3)26(11-27)20-12(8-22)9-23-15-7-17-16(6-14(15)20)24-10-25-17/h4-7,9-11,23H,1-3H3. The second-order valence-electron chi connectivity index (χ2n) is 6.28. The van der Waals surface area contributed by atoms with Gasteiger partial charge in [0.05, 0.1) is 49.3 Å². The Bertz CT molecular complexity index is 1280. The van der Waals surface area contributed by atoms with Crippen molar-refractivity contribution >= 4 is 39.7 Å². The average molecular weight is 403 g/mol. The van der Waals surface area contributed by atoms with E-state index < -0.39 is 0 Å². The Kier molecular flexibility index (Phi) is 4.82. The summed E-state index contributed by atoms with van der Waals surface area (Å²) >= 11 is 0. The SMILES string of the molecule is COc1cc(N(C=O)c2c(C#N)c[nH]c3cc4ncnc4cc23)cc(OC)c1OC. The van der Waals surface area contributed by atoms with Gasteiger partial charge in [0.2, 0.25) is 12.2 Å². The molecule has 9 heteroatoms. The number of aromatic amines is 1. The van der Waals surface area contributed by atoms with Gasteiger partial charge in [-0.3, -0.25) is 9.69 Å². The van der Waals surface area contributed by atoms with Crippen LogP contribution in [-0.2, 0) is 4.79 Å². The van der Waals surface area contributed by atoms with E-state index in [9.17, 15) is 10.1 Å². The molecule has 0 spiro atoms. The minimum absolute atomic E-state index is 0.280. The maximum Gasteiger partial charge on any atom is 0.218 e. The van der Waals surface area contributed by atoms with Crippen LogP contribution in [0.2, 0.25) is 0 Å². The average Bonchev–Trinajstić information content (AvgIpc) is 3.24. The van der Waals surface area contributed by atoms with Gasteiger partial charge in [-0.2, -0.15) is 5.26 Å². The van der Waals surface area contributed by atoms with E-state index in [-0.39, 0.29) is 5.56 Å². The van der Waals surface area contributed by atoms with Crippen molar-refractivity contribution in [2.24, 2.45) is 0 Å². The molecule has 0 radical (unpaired) electrons. The first kappa shape index (κ1) is 19.0. The number of pyridine rings is 1. The monoisotopic (exact) mass is 403 g/mol. The van der Waals surface area contributed by atoms with E-state index in [1.165, 1.54) is 32.6 Å². The molecule has 0 saturated carbocycles. The Morgan fingerprint density at radius 2 is 1.70 bits per heavy atom. The zero-order chi connectivity index (χ0) is 21.3. The van der Waals surface area contributed by atoms with E-state index >= 15 is 0 Å². The van der Waals surface area contributed by atoms with E-state index in [2.05, 4.69) is 21.0 Å². The predicted octanol–water partition coefficient (Wildman–Crippen LogP) is 3.30. The number of carbonyl (C=O) groups is 1. The highest BCUT2D eigenvalue weighted by Crippen LogP contribution is 2.43. The largest absolute Gasteiger partial charge is 0.493 e. The fourth-order valence-electron chi connectivity index (χ4n) is 3.41. The van der Waals surface area contributed by atoms with E-state index in [1.807, 2.05) is 6.07 Å². The number of carbonyl (C=O) groups excluding carboxylic acids is 1. The maximum absolute atomic E-state index is 12.3. The molecular weight excluding hydrogens is 386 g/mol. The number of fused-ring (bicyclic) bond motifs is 2. The summed E-state index contributed by atoms with van der Waals surface area (Å²) < 4.78 is 16.2. The van der Waals surface area contributed by atoms with Crippen molar-refractivity contribution in [1.29, 1.82) is 5.26 Å². The first-order valence-corrected chi connectivity index (χ1v) is 8.85. The van der Waals surface area contributed by atoms with Crippen molar-refractivity contribution in [2.75, 3.05) is 26.2 Å². The molecule has 0 unspecified atom stereocenters. The Balaban J connectivity index is 2.02. The Morgan fingerprint density at radius 1 is 1.03 bits per heavy atom. The lowest BCUT2D eigenvalue weighted by atomic mass is 10.1. The lowest BCUT2D eigenvalue weighted by Gasteiger charge is -2.23. The lowest BCUT2D eigenvalue weighted by Crippen LogP contribution is -2.16. The van der Waals surface area contributed by atoms with Gasteiger partial charge in [-0.1, -0.05) is 0 Å². The normalized spacial score (nSPS) is 10.6. The summed E-state index contributed by atoms with van der Waals surface area (Å²) in [6.45, 7) is 0. The number of rotatable bonds is 6. The molecule has 0 saturated heterocycles. The van der Waals surface area contributed by atoms with Gasteiger partial charge in [-0.25, -0.2) is 9.97 Å². The van der Waals surface area contributed by atoms with Crippen LogP contribution in [0.1, 0.15) is 5.56 Å². The number of nitriles is 1. The number of benzene rings is 2. The molecule has 0 atom stereocenters. The van der Waals surface area contributed by atoms with Crippen LogP contribution in [-0.4, -0.2) is 42.7 Å². The zero-order valence-corrected chi connectivity index (χ0v) is 16.5. The number of amides is 1. The number of methoxy groups -OCH3 is 3. The van der Waals surface area contributed by atoms with Crippen LogP contribution in [0.3, 0.4) is 0 Å². The fourth-order valence-corrected chi connectivity index (χ4v) is 3.41. The molecule has 150 valence electrons. The molecule has 4 rings (SSSR count). The number of anilines is 2. The summed E-state index contributed by atoms with van der Waals surface area (Å²) in [4.78, 5) is 25.1. The first-order chi connectivity index (χ1) is 14.6. The van der Waals surface area contributed by atoms with Gasteiger partial charge >= 0.3 is 0 Å². The van der Waals surface area contributed by atoms with Crippen LogP contribution in [0.5, 0.6) is 17.2 Å². The summed E-state index contributed by atoms with van der Waals surface area (Å²) in [7, 11) is 4.48. The predicted molar refractivity (Wildman–Crippen MR) is 110 cm³/mol. The minimum Gasteiger partial charge on any atom is -0.493 e. The number of nitrogens with zero attached hydrogens (tertiary/aromatic N) is 4. The van der Waals surface area contributed by atoms with Crippen LogP contribution in [0.15, 0.2) is 36.8 Å². The van der Waals surface area contributed by atoms with Crippen LogP contribution >= 0.6 is 0 Å². The molecule has 1 N–H and O–H groups in total. The summed E-state index contributed by atoms with van der Waals surface area (Å²) in [6.07, 6.45) is 3.65. The number of ether oxygens (including phenoxy) is 3. The van der Waals surface area contributed by atoms with Crippen LogP contribution < -0.4 is 19.1 Å². The highest BCUT2D eigenvalue weighted by molar-refractivity contribution is 6.07. The van der Waals surface area contributed by atoms with Crippen molar-refractivity contribution in [3.8, 4) is 23.3 Å². The second kappa shape index (κ2) is 7.60. The number of nitrogens with one attached hydrogen (secondary N) is 1. The van der Waals surface area contributed by atoms with Crippen molar-refractivity contribution in [3.05, 3.63) is 42.4 Å². The lowest BCUT2D eigenvalue weighted by molar-refractivity contribution is -0.106. The van der Waals surface area contributed by atoms with Gasteiger partial charge < -0.3 is 19.2 Å². The minimum atomic E-state index is 0.280. The third-order valence-corrected chi connectivity index (χ3v) is 4.79. The molecule has 30 heavy (non-hydrogen) atoms. The van der Waals surface area contributed by atoms with Crippen molar-refractivity contribution in [3.63, 3.8) is 0 Å². The number of aromatic nitrogens is 3. The van der Waals surface area contributed by atoms with Crippen LogP contribution in [0.4, 0.5) is 11.4 Å². The van der Waals surface area contributed by atoms with Crippen molar-refractivity contribution in [1.82, 2.24) is 15.0 Å². The Hall–Kier alpha value is -4.32. The summed E-state index contributed by atoms with van der Waals surface area (Å²) in [6, 6.07) is 9.03. The molecule has 9 nitrogen and oxygen atoms in total. The summed E-state index contributed by atoms with van der Waals surface area (Å²) in [5, 5.41) is 10.4. The van der Waals surface area contributed by atoms with Gasteiger partial charge in [0, 0.05) is 29.2 Å². The smallest absolute Gasteiger partial charge is 0.218 e. The first-order valence-electron chi connectivity index (χ1n) is 8.85. The van der Waals surface area contributed by atoms with E-state index in [1.54, 1.807) is 24.4 Å². The van der Waals surface area contributed by atoms with E-state index in [4.69, 9.17) is 14.2 Å².